The Morgan fingerprint density at radius 2 is 1.96 bits per heavy atom. The zero-order valence-corrected chi connectivity index (χ0v) is 14.6. The van der Waals surface area contributed by atoms with Crippen molar-refractivity contribution in [2.75, 3.05) is 0 Å². The van der Waals surface area contributed by atoms with Crippen LogP contribution in [0.15, 0.2) is 42.7 Å². The molecule has 1 N–H and O–H groups in total. The highest BCUT2D eigenvalue weighted by atomic mass is 19.3. The Bertz CT molecular complexity index is 734. The van der Waals surface area contributed by atoms with Gasteiger partial charge in [0.1, 0.15) is 12.6 Å². The van der Waals surface area contributed by atoms with E-state index in [4.69, 9.17) is 4.74 Å². The lowest BCUT2D eigenvalue weighted by Crippen LogP contribution is -2.46. The molecule has 1 aromatic heterocycles. The van der Waals surface area contributed by atoms with E-state index in [2.05, 4.69) is 10.3 Å². The van der Waals surface area contributed by atoms with Crippen LogP contribution in [0, 0.1) is 5.92 Å². The molecule has 0 unspecified atom stereocenters. The van der Waals surface area contributed by atoms with Crippen molar-refractivity contribution in [2.45, 2.75) is 39.5 Å². The number of aromatic nitrogens is 2. The lowest BCUT2D eigenvalue weighted by atomic mass is 9.99. The minimum Gasteiger partial charge on any atom is -0.456 e. The zero-order valence-electron chi connectivity index (χ0n) is 14.6. The quantitative estimate of drug-likeness (QED) is 0.730. The van der Waals surface area contributed by atoms with Crippen molar-refractivity contribution >= 4 is 11.9 Å². The summed E-state index contributed by atoms with van der Waals surface area (Å²) in [6, 6.07) is 7.59. The Balaban J connectivity index is 2.05. The molecule has 0 radical (unpaired) electrons. The maximum Gasteiger partial charge on any atom is 0.329 e. The number of hydrogen-bond donors (Lipinski definition) is 1. The first-order valence-corrected chi connectivity index (χ1v) is 8.26. The SMILES string of the molecule is CC[C@H](C)[C@@H](NC(=O)c1ccccc1)C(=O)OCc1nccn1C(F)F. The molecular weight excluding hydrogens is 344 g/mol. The number of halogens is 2. The molecule has 1 heterocycles. The summed E-state index contributed by atoms with van der Waals surface area (Å²) in [5, 5.41) is 2.66. The van der Waals surface area contributed by atoms with Crippen LogP contribution in [0.25, 0.3) is 0 Å². The van der Waals surface area contributed by atoms with E-state index >= 15 is 0 Å². The Hall–Kier alpha value is -2.77. The van der Waals surface area contributed by atoms with E-state index in [9.17, 15) is 18.4 Å². The predicted octanol–water partition coefficient (Wildman–Crippen LogP) is 3.17. The van der Waals surface area contributed by atoms with Crippen molar-refractivity contribution in [1.29, 1.82) is 0 Å². The van der Waals surface area contributed by atoms with Crippen molar-refractivity contribution in [3.05, 3.63) is 54.1 Å². The number of rotatable bonds is 8. The van der Waals surface area contributed by atoms with Crippen LogP contribution in [0.3, 0.4) is 0 Å². The molecule has 0 spiro atoms. The largest absolute Gasteiger partial charge is 0.456 e. The van der Waals surface area contributed by atoms with Crippen LogP contribution in [-0.4, -0.2) is 27.5 Å². The second-order valence-electron chi connectivity index (χ2n) is 5.84. The third-order valence-electron chi connectivity index (χ3n) is 4.09. The van der Waals surface area contributed by atoms with Gasteiger partial charge in [-0.05, 0) is 18.1 Å². The van der Waals surface area contributed by atoms with Gasteiger partial charge < -0.3 is 10.1 Å². The number of benzene rings is 1. The topological polar surface area (TPSA) is 73.2 Å². The molecule has 0 aliphatic rings. The van der Waals surface area contributed by atoms with E-state index in [0.29, 0.717) is 16.6 Å². The van der Waals surface area contributed by atoms with Gasteiger partial charge in [0, 0.05) is 18.0 Å². The van der Waals surface area contributed by atoms with E-state index in [1.165, 1.54) is 6.20 Å². The van der Waals surface area contributed by atoms with Gasteiger partial charge in [0.15, 0.2) is 5.82 Å². The first kappa shape index (κ1) is 19.6. The van der Waals surface area contributed by atoms with E-state index in [1.54, 1.807) is 37.3 Å². The number of amides is 1. The van der Waals surface area contributed by atoms with Gasteiger partial charge in [0.2, 0.25) is 0 Å². The molecular formula is C18H21F2N3O3. The fourth-order valence-corrected chi connectivity index (χ4v) is 2.34. The van der Waals surface area contributed by atoms with Crippen molar-refractivity contribution in [2.24, 2.45) is 5.92 Å². The first-order valence-electron chi connectivity index (χ1n) is 8.26. The average molecular weight is 365 g/mol. The van der Waals surface area contributed by atoms with Crippen LogP contribution in [0.2, 0.25) is 0 Å². The molecule has 0 fully saturated rings. The second-order valence-corrected chi connectivity index (χ2v) is 5.84. The van der Waals surface area contributed by atoms with Crippen molar-refractivity contribution < 1.29 is 23.1 Å². The molecule has 0 aliphatic heterocycles. The first-order chi connectivity index (χ1) is 12.4. The Labute approximate surface area is 150 Å². The number of hydrogen-bond acceptors (Lipinski definition) is 4. The van der Waals surface area contributed by atoms with Crippen LogP contribution in [0.4, 0.5) is 8.78 Å². The van der Waals surface area contributed by atoms with E-state index in [0.717, 1.165) is 6.20 Å². The Kier molecular flexibility index (Phi) is 6.82. The second kappa shape index (κ2) is 9.07. The van der Waals surface area contributed by atoms with Gasteiger partial charge in [0.05, 0.1) is 0 Å². The Morgan fingerprint density at radius 1 is 1.27 bits per heavy atom. The van der Waals surface area contributed by atoms with Gasteiger partial charge in [0.25, 0.3) is 5.91 Å². The van der Waals surface area contributed by atoms with Crippen molar-refractivity contribution in [1.82, 2.24) is 14.9 Å². The molecule has 6 nitrogen and oxygen atoms in total. The van der Waals surface area contributed by atoms with Crippen LogP contribution < -0.4 is 5.32 Å². The lowest BCUT2D eigenvalue weighted by molar-refractivity contribution is -0.149. The van der Waals surface area contributed by atoms with Gasteiger partial charge >= 0.3 is 12.5 Å². The lowest BCUT2D eigenvalue weighted by Gasteiger charge is -2.22. The minimum absolute atomic E-state index is 0.0642. The number of esters is 1. The number of nitrogens with zero attached hydrogens (tertiary/aromatic N) is 2. The monoisotopic (exact) mass is 365 g/mol. The Morgan fingerprint density at radius 3 is 2.58 bits per heavy atom. The summed E-state index contributed by atoms with van der Waals surface area (Å²) < 4.78 is 31.4. The van der Waals surface area contributed by atoms with E-state index in [-0.39, 0.29) is 11.7 Å². The minimum atomic E-state index is -2.77. The molecule has 0 bridgehead atoms. The number of carbonyl (C=O) groups excluding carboxylic acids is 2. The molecule has 26 heavy (non-hydrogen) atoms. The van der Waals surface area contributed by atoms with Crippen molar-refractivity contribution in [3.63, 3.8) is 0 Å². The van der Waals surface area contributed by atoms with E-state index in [1.807, 2.05) is 6.92 Å². The highest BCUT2D eigenvalue weighted by molar-refractivity contribution is 5.96. The molecule has 2 aromatic rings. The summed E-state index contributed by atoms with van der Waals surface area (Å²) >= 11 is 0. The smallest absolute Gasteiger partial charge is 0.329 e. The van der Waals surface area contributed by atoms with Gasteiger partial charge in [-0.3, -0.25) is 9.36 Å². The van der Waals surface area contributed by atoms with Gasteiger partial charge in [-0.25, -0.2) is 9.78 Å². The third kappa shape index (κ3) is 4.87. The molecule has 2 rings (SSSR count). The van der Waals surface area contributed by atoms with Crippen LogP contribution >= 0.6 is 0 Å². The highest BCUT2D eigenvalue weighted by Crippen LogP contribution is 2.15. The van der Waals surface area contributed by atoms with Crippen LogP contribution in [-0.2, 0) is 16.1 Å². The summed E-state index contributed by atoms with van der Waals surface area (Å²) in [7, 11) is 0. The molecule has 0 aliphatic carbocycles. The molecule has 140 valence electrons. The maximum absolute atomic E-state index is 12.8. The number of nitrogens with one attached hydrogen (secondary N) is 1. The summed E-state index contributed by atoms with van der Waals surface area (Å²) in [5.74, 6) is -1.34. The fourth-order valence-electron chi connectivity index (χ4n) is 2.34. The summed E-state index contributed by atoms with van der Waals surface area (Å²) in [6.45, 7) is 0.513. The summed E-state index contributed by atoms with van der Waals surface area (Å²) in [4.78, 5) is 28.5. The van der Waals surface area contributed by atoms with Gasteiger partial charge in [-0.15, -0.1) is 0 Å². The average Bonchev–Trinajstić information content (AvgIpc) is 3.13. The number of alkyl halides is 2. The molecule has 1 amide bonds. The van der Waals surface area contributed by atoms with Crippen LogP contribution in [0.1, 0.15) is 43.0 Å². The highest BCUT2D eigenvalue weighted by Gasteiger charge is 2.28. The fraction of sp³-hybridized carbons (Fsp3) is 0.389. The number of ether oxygens (including phenoxy) is 1. The molecule has 2 atom stereocenters. The maximum atomic E-state index is 12.8. The standard InChI is InChI=1S/C18H21F2N3O3/c1-3-12(2)15(22-16(24)13-7-5-4-6-8-13)17(25)26-11-14-21-9-10-23(14)18(19)20/h4-10,12,15,18H,3,11H2,1-2H3,(H,22,24)/t12-,15+/m0/s1. The van der Waals surface area contributed by atoms with Gasteiger partial charge in [-0.2, -0.15) is 8.78 Å². The number of carbonyl (C=O) groups is 2. The molecule has 1 aromatic carbocycles. The van der Waals surface area contributed by atoms with Crippen molar-refractivity contribution in [3.8, 4) is 0 Å². The molecule has 0 saturated carbocycles. The van der Waals surface area contributed by atoms with Crippen LogP contribution in [0.5, 0.6) is 0 Å². The normalized spacial score (nSPS) is 13.3. The predicted molar refractivity (Wildman–Crippen MR) is 90.4 cm³/mol. The van der Waals surface area contributed by atoms with Gasteiger partial charge in [-0.1, -0.05) is 38.5 Å². The number of imidazole rings is 1. The third-order valence-corrected chi connectivity index (χ3v) is 4.09. The zero-order chi connectivity index (χ0) is 19.1. The molecule has 0 saturated heterocycles. The summed E-state index contributed by atoms with van der Waals surface area (Å²) in [5.41, 5.74) is 0.418. The molecule has 8 heteroatoms. The summed E-state index contributed by atoms with van der Waals surface area (Å²) in [6.07, 6.45) is 2.94. The van der Waals surface area contributed by atoms with E-state index < -0.39 is 31.1 Å².